The predicted octanol–water partition coefficient (Wildman–Crippen LogP) is 3.38. The second kappa shape index (κ2) is 6.95. The number of fused-ring (bicyclic) bond motifs is 2. The molecule has 3 aromatic rings. The van der Waals surface area contributed by atoms with Gasteiger partial charge in [-0.3, -0.25) is 5.10 Å². The van der Waals surface area contributed by atoms with Crippen LogP contribution in [0.3, 0.4) is 0 Å². The maximum atomic E-state index is 12.3. The summed E-state index contributed by atoms with van der Waals surface area (Å²) in [4.78, 5) is 12.3. The minimum Gasteiger partial charge on any atom is -0.459 e. The van der Waals surface area contributed by atoms with Gasteiger partial charge in [-0.1, -0.05) is 24.3 Å². The number of rotatable bonds is 4. The first kappa shape index (κ1) is 18.3. The van der Waals surface area contributed by atoms with Crippen LogP contribution in [0.25, 0.3) is 10.9 Å². The number of H-pyrrole nitrogens is 1. The summed E-state index contributed by atoms with van der Waals surface area (Å²) in [5.41, 5.74) is 2.44. The van der Waals surface area contributed by atoms with Gasteiger partial charge in [0, 0.05) is 5.39 Å². The lowest BCUT2D eigenvalue weighted by Crippen LogP contribution is -2.33. The smallest absolute Gasteiger partial charge is 0.338 e. The maximum absolute atomic E-state index is 12.3. The van der Waals surface area contributed by atoms with Crippen LogP contribution in [0, 0.1) is 0 Å². The highest BCUT2D eigenvalue weighted by Crippen LogP contribution is 2.45. The van der Waals surface area contributed by atoms with E-state index in [0.717, 1.165) is 16.5 Å². The van der Waals surface area contributed by atoms with E-state index in [-0.39, 0.29) is 30.9 Å². The molecule has 2 aromatic carbocycles. The molecule has 0 radical (unpaired) electrons. The van der Waals surface area contributed by atoms with Gasteiger partial charge in [0.1, 0.15) is 31.0 Å². The predicted molar refractivity (Wildman–Crippen MR) is 104 cm³/mol. The molecule has 2 fully saturated rings. The Morgan fingerprint density at radius 2 is 1.93 bits per heavy atom. The quantitative estimate of drug-likeness (QED) is 0.683. The van der Waals surface area contributed by atoms with Gasteiger partial charge in [-0.25, -0.2) is 4.79 Å². The highest BCUT2D eigenvalue weighted by Gasteiger charge is 2.55. The second-order valence-corrected chi connectivity index (χ2v) is 7.84. The Labute approximate surface area is 167 Å². The molecule has 4 atom stereocenters. The van der Waals surface area contributed by atoms with E-state index in [1.807, 2.05) is 38.1 Å². The van der Waals surface area contributed by atoms with E-state index in [2.05, 4.69) is 10.2 Å². The zero-order valence-corrected chi connectivity index (χ0v) is 16.2. The number of aromatic nitrogens is 2. The summed E-state index contributed by atoms with van der Waals surface area (Å²) < 4.78 is 24.0. The van der Waals surface area contributed by atoms with Gasteiger partial charge in [0.25, 0.3) is 0 Å². The summed E-state index contributed by atoms with van der Waals surface area (Å²) in [5, 5.41) is 8.02. The van der Waals surface area contributed by atoms with E-state index in [9.17, 15) is 4.79 Å². The number of nitrogens with zero attached hydrogens (tertiary/aromatic N) is 1. The third-order valence-corrected chi connectivity index (χ3v) is 5.33. The zero-order valence-electron chi connectivity index (χ0n) is 16.2. The zero-order chi connectivity index (χ0) is 20.0. The number of aromatic amines is 1. The average Bonchev–Trinajstić information content (AvgIpc) is 3.39. The van der Waals surface area contributed by atoms with Crippen LogP contribution >= 0.6 is 0 Å². The molecule has 7 nitrogen and oxygen atoms in total. The molecule has 150 valence electrons. The van der Waals surface area contributed by atoms with Gasteiger partial charge in [-0.2, -0.15) is 5.10 Å². The Balaban J connectivity index is 1.36. The standard InChI is InChI=1S/C22H22N2O5/c1-22(2)28-19-17(12-26-21(25)13-6-4-3-5-7-13)27-18(20(19)29-22)14-8-9-16-15(10-14)11-23-24-16/h3-11,17-20H,12H2,1-2H3,(H,23,24)/t17-,18+,19-,20+/m1/s1. The molecule has 29 heavy (non-hydrogen) atoms. The molecule has 2 saturated heterocycles. The van der Waals surface area contributed by atoms with Crippen molar-refractivity contribution in [1.29, 1.82) is 0 Å². The van der Waals surface area contributed by atoms with Crippen LogP contribution in [0.1, 0.15) is 35.9 Å². The number of hydrogen-bond donors (Lipinski definition) is 1. The van der Waals surface area contributed by atoms with E-state index in [0.29, 0.717) is 5.56 Å². The van der Waals surface area contributed by atoms with E-state index >= 15 is 0 Å². The number of nitrogens with one attached hydrogen (secondary N) is 1. The molecule has 2 aliphatic heterocycles. The second-order valence-electron chi connectivity index (χ2n) is 7.84. The molecule has 0 aliphatic carbocycles. The summed E-state index contributed by atoms with van der Waals surface area (Å²) in [6, 6.07) is 14.9. The van der Waals surface area contributed by atoms with Gasteiger partial charge in [-0.05, 0) is 43.7 Å². The fraction of sp³-hybridized carbons (Fsp3) is 0.364. The highest BCUT2D eigenvalue weighted by molar-refractivity contribution is 5.89. The molecule has 0 bridgehead atoms. The Morgan fingerprint density at radius 1 is 1.14 bits per heavy atom. The maximum Gasteiger partial charge on any atom is 0.338 e. The molecular formula is C22H22N2O5. The average molecular weight is 394 g/mol. The molecule has 7 heteroatoms. The van der Waals surface area contributed by atoms with Crippen LogP contribution < -0.4 is 0 Å². The number of carbonyl (C=O) groups is 1. The summed E-state index contributed by atoms with van der Waals surface area (Å²) in [6.07, 6.45) is 0.440. The van der Waals surface area contributed by atoms with Gasteiger partial charge in [0.15, 0.2) is 5.79 Å². The van der Waals surface area contributed by atoms with Crippen molar-refractivity contribution in [3.63, 3.8) is 0 Å². The van der Waals surface area contributed by atoms with Crippen molar-refractivity contribution >= 4 is 16.9 Å². The Morgan fingerprint density at radius 3 is 2.76 bits per heavy atom. The molecule has 3 heterocycles. The van der Waals surface area contributed by atoms with Gasteiger partial charge in [-0.15, -0.1) is 0 Å². The molecule has 1 aromatic heterocycles. The lowest BCUT2D eigenvalue weighted by atomic mass is 10.0. The molecule has 0 saturated carbocycles. The van der Waals surface area contributed by atoms with Crippen molar-refractivity contribution in [3.05, 3.63) is 65.9 Å². The van der Waals surface area contributed by atoms with Crippen molar-refractivity contribution in [2.75, 3.05) is 6.61 Å². The number of hydrogen-bond acceptors (Lipinski definition) is 6. The first-order chi connectivity index (χ1) is 14.0. The molecule has 0 amide bonds. The van der Waals surface area contributed by atoms with Crippen molar-refractivity contribution in [2.24, 2.45) is 0 Å². The number of benzene rings is 2. The van der Waals surface area contributed by atoms with Crippen molar-refractivity contribution in [1.82, 2.24) is 10.2 Å². The Bertz CT molecular complexity index is 1030. The summed E-state index contributed by atoms with van der Waals surface area (Å²) in [5.74, 6) is -1.11. The van der Waals surface area contributed by atoms with Gasteiger partial charge < -0.3 is 18.9 Å². The van der Waals surface area contributed by atoms with E-state index < -0.39 is 11.9 Å². The number of esters is 1. The molecule has 0 unspecified atom stereocenters. The monoisotopic (exact) mass is 394 g/mol. The van der Waals surface area contributed by atoms with Gasteiger partial charge in [0.05, 0.1) is 17.3 Å². The van der Waals surface area contributed by atoms with Crippen LogP contribution in [-0.2, 0) is 18.9 Å². The van der Waals surface area contributed by atoms with Crippen molar-refractivity contribution in [2.45, 2.75) is 44.1 Å². The largest absolute Gasteiger partial charge is 0.459 e. The lowest BCUT2D eigenvalue weighted by molar-refractivity contribution is -0.191. The number of ether oxygens (including phenoxy) is 4. The SMILES string of the molecule is CC1(C)O[C@@H]2[C@H](O1)[C@@H](COC(=O)c1ccccc1)O[C@H]2c1ccc2[nH]ncc2c1. The fourth-order valence-corrected chi connectivity index (χ4v) is 4.04. The Kier molecular flexibility index (Phi) is 4.38. The molecular weight excluding hydrogens is 372 g/mol. The molecule has 5 rings (SSSR count). The molecule has 2 aliphatic rings. The molecule has 0 spiro atoms. The fourth-order valence-electron chi connectivity index (χ4n) is 4.04. The van der Waals surface area contributed by atoms with Crippen LogP contribution in [0.4, 0.5) is 0 Å². The Hall–Kier alpha value is -2.74. The lowest BCUT2D eigenvalue weighted by Gasteiger charge is -2.24. The third-order valence-electron chi connectivity index (χ3n) is 5.33. The first-order valence-corrected chi connectivity index (χ1v) is 9.66. The summed E-state index contributed by atoms with van der Waals surface area (Å²) in [7, 11) is 0. The minimum absolute atomic E-state index is 0.0960. The summed E-state index contributed by atoms with van der Waals surface area (Å²) in [6.45, 7) is 3.86. The van der Waals surface area contributed by atoms with E-state index in [1.54, 1.807) is 30.5 Å². The minimum atomic E-state index is -0.723. The number of carbonyl (C=O) groups excluding carboxylic acids is 1. The highest BCUT2D eigenvalue weighted by atomic mass is 16.8. The molecule has 1 N–H and O–H groups in total. The van der Waals surface area contributed by atoms with Gasteiger partial charge >= 0.3 is 5.97 Å². The summed E-state index contributed by atoms with van der Waals surface area (Å²) >= 11 is 0. The first-order valence-electron chi connectivity index (χ1n) is 9.66. The van der Waals surface area contributed by atoms with Crippen molar-refractivity contribution in [3.8, 4) is 0 Å². The van der Waals surface area contributed by atoms with Crippen LogP contribution in [-0.4, -0.2) is 46.9 Å². The topological polar surface area (TPSA) is 82.7 Å². The van der Waals surface area contributed by atoms with Crippen LogP contribution in [0.5, 0.6) is 0 Å². The third kappa shape index (κ3) is 3.42. The van der Waals surface area contributed by atoms with E-state index in [4.69, 9.17) is 18.9 Å². The van der Waals surface area contributed by atoms with Crippen molar-refractivity contribution < 1.29 is 23.7 Å². The van der Waals surface area contributed by atoms with E-state index in [1.165, 1.54) is 0 Å². The van der Waals surface area contributed by atoms with Crippen LogP contribution in [0.2, 0.25) is 0 Å². The normalized spacial score (nSPS) is 27.8. The van der Waals surface area contributed by atoms with Gasteiger partial charge in [0.2, 0.25) is 0 Å². The van der Waals surface area contributed by atoms with Crippen LogP contribution in [0.15, 0.2) is 54.7 Å².